The Morgan fingerprint density at radius 2 is 1.65 bits per heavy atom. The van der Waals surface area contributed by atoms with Gasteiger partial charge in [-0.15, -0.1) is 0 Å². The van der Waals surface area contributed by atoms with Crippen molar-refractivity contribution in [2.24, 2.45) is 0 Å². The van der Waals surface area contributed by atoms with Crippen molar-refractivity contribution in [2.75, 3.05) is 21.3 Å². The summed E-state index contributed by atoms with van der Waals surface area (Å²) in [5.74, 6) is 1.76. The molecule has 1 aromatic carbocycles. The highest BCUT2D eigenvalue weighted by Crippen LogP contribution is 2.33. The molecule has 0 saturated heterocycles. The van der Waals surface area contributed by atoms with Crippen LogP contribution < -0.4 is 14.2 Å². The number of pyridine rings is 1. The Hall–Kier alpha value is -2.27. The Bertz CT molecular complexity index is 564. The molecule has 0 bridgehead atoms. The average molecular weight is 275 g/mol. The minimum absolute atomic E-state index is 0.529. The first kappa shape index (κ1) is 14.1. The summed E-state index contributed by atoms with van der Waals surface area (Å²) in [4.78, 5) is 3.97. The van der Waals surface area contributed by atoms with Gasteiger partial charge in [0.15, 0.2) is 0 Å². The summed E-state index contributed by atoms with van der Waals surface area (Å²) in [6.45, 7) is 0. The number of aliphatic hydroxyl groups excluding tert-OH is 1. The molecule has 0 fully saturated rings. The second-order valence-electron chi connectivity index (χ2n) is 4.17. The summed E-state index contributed by atoms with van der Waals surface area (Å²) in [5, 5.41) is 10.5. The molecule has 20 heavy (non-hydrogen) atoms. The van der Waals surface area contributed by atoms with Crippen LogP contribution in [0, 0.1) is 0 Å². The zero-order chi connectivity index (χ0) is 14.5. The molecule has 0 spiro atoms. The summed E-state index contributed by atoms with van der Waals surface area (Å²) in [6, 6.07) is 6.98. The van der Waals surface area contributed by atoms with E-state index >= 15 is 0 Å². The minimum atomic E-state index is -0.850. The van der Waals surface area contributed by atoms with Crippen molar-refractivity contribution in [2.45, 2.75) is 6.10 Å². The van der Waals surface area contributed by atoms with Gasteiger partial charge in [0.25, 0.3) is 0 Å². The zero-order valence-electron chi connectivity index (χ0n) is 11.7. The topological polar surface area (TPSA) is 60.8 Å². The molecule has 1 N–H and O–H groups in total. The molecule has 2 rings (SSSR count). The van der Waals surface area contributed by atoms with Crippen molar-refractivity contribution in [3.8, 4) is 17.2 Å². The molecule has 0 saturated carbocycles. The lowest BCUT2D eigenvalue weighted by molar-refractivity contribution is 0.213. The summed E-state index contributed by atoms with van der Waals surface area (Å²) >= 11 is 0. The highest BCUT2D eigenvalue weighted by molar-refractivity contribution is 5.44. The predicted molar refractivity (Wildman–Crippen MR) is 74.4 cm³/mol. The fourth-order valence-electron chi connectivity index (χ4n) is 1.95. The quantitative estimate of drug-likeness (QED) is 0.906. The van der Waals surface area contributed by atoms with Crippen LogP contribution in [0.2, 0.25) is 0 Å². The summed E-state index contributed by atoms with van der Waals surface area (Å²) in [7, 11) is 4.68. The molecule has 1 unspecified atom stereocenters. The molecule has 5 nitrogen and oxygen atoms in total. The lowest BCUT2D eigenvalue weighted by Gasteiger charge is -2.16. The van der Waals surface area contributed by atoms with Gasteiger partial charge in [-0.2, -0.15) is 0 Å². The number of aromatic nitrogens is 1. The third kappa shape index (κ3) is 2.83. The van der Waals surface area contributed by atoms with Crippen molar-refractivity contribution >= 4 is 0 Å². The summed E-state index contributed by atoms with van der Waals surface area (Å²) in [6.07, 6.45) is 2.32. The average Bonchev–Trinajstić information content (AvgIpc) is 2.53. The molecule has 106 valence electrons. The number of benzene rings is 1. The van der Waals surface area contributed by atoms with Crippen LogP contribution in [0.15, 0.2) is 36.7 Å². The second-order valence-corrected chi connectivity index (χ2v) is 4.17. The van der Waals surface area contributed by atoms with E-state index in [1.54, 1.807) is 58.0 Å². The van der Waals surface area contributed by atoms with Crippen LogP contribution in [0.25, 0.3) is 0 Å². The molecule has 0 aliphatic carbocycles. The van der Waals surface area contributed by atoms with Crippen LogP contribution in [-0.4, -0.2) is 31.4 Å². The first-order chi connectivity index (χ1) is 9.69. The fourth-order valence-corrected chi connectivity index (χ4v) is 1.95. The molecule has 1 heterocycles. The van der Waals surface area contributed by atoms with Crippen LogP contribution in [0.1, 0.15) is 17.2 Å². The van der Waals surface area contributed by atoms with Gasteiger partial charge in [-0.1, -0.05) is 0 Å². The van der Waals surface area contributed by atoms with E-state index < -0.39 is 6.10 Å². The van der Waals surface area contributed by atoms with E-state index in [0.717, 1.165) is 0 Å². The summed E-state index contributed by atoms with van der Waals surface area (Å²) < 4.78 is 15.6. The molecule has 2 aromatic rings. The fraction of sp³-hybridized carbons (Fsp3) is 0.267. The largest absolute Gasteiger partial charge is 0.497 e. The number of rotatable bonds is 5. The molecule has 1 atom stereocenters. The maximum atomic E-state index is 10.5. The molecule has 0 radical (unpaired) electrons. The van der Waals surface area contributed by atoms with E-state index in [9.17, 15) is 5.11 Å². The van der Waals surface area contributed by atoms with E-state index in [1.807, 2.05) is 0 Å². The highest BCUT2D eigenvalue weighted by atomic mass is 16.5. The van der Waals surface area contributed by atoms with Crippen molar-refractivity contribution < 1.29 is 19.3 Å². The molecule has 0 aliphatic rings. The number of hydrogen-bond acceptors (Lipinski definition) is 5. The van der Waals surface area contributed by atoms with E-state index in [1.165, 1.54) is 0 Å². The van der Waals surface area contributed by atoms with E-state index in [4.69, 9.17) is 14.2 Å². The van der Waals surface area contributed by atoms with Gasteiger partial charge in [-0.05, 0) is 23.8 Å². The Morgan fingerprint density at radius 1 is 1.00 bits per heavy atom. The highest BCUT2D eigenvalue weighted by Gasteiger charge is 2.17. The van der Waals surface area contributed by atoms with Crippen molar-refractivity contribution in [1.82, 2.24) is 4.98 Å². The zero-order valence-corrected chi connectivity index (χ0v) is 11.7. The normalized spacial score (nSPS) is 11.8. The molecule has 5 heteroatoms. The van der Waals surface area contributed by atoms with Gasteiger partial charge >= 0.3 is 0 Å². The van der Waals surface area contributed by atoms with Crippen LogP contribution in [0.3, 0.4) is 0 Å². The molecular formula is C15H17NO4. The second kappa shape index (κ2) is 6.25. The van der Waals surface area contributed by atoms with Crippen molar-refractivity contribution in [3.63, 3.8) is 0 Å². The van der Waals surface area contributed by atoms with Crippen LogP contribution >= 0.6 is 0 Å². The SMILES string of the molecule is COc1cc(OC)cc(C(O)c2ccncc2OC)c1. The van der Waals surface area contributed by atoms with E-state index in [2.05, 4.69) is 4.98 Å². The van der Waals surface area contributed by atoms with Gasteiger partial charge in [-0.25, -0.2) is 0 Å². The van der Waals surface area contributed by atoms with Gasteiger partial charge in [0, 0.05) is 17.8 Å². The van der Waals surface area contributed by atoms with Crippen molar-refractivity contribution in [3.05, 3.63) is 47.8 Å². The smallest absolute Gasteiger partial charge is 0.143 e. The van der Waals surface area contributed by atoms with Crippen LogP contribution in [0.4, 0.5) is 0 Å². The minimum Gasteiger partial charge on any atom is -0.497 e. The lowest BCUT2D eigenvalue weighted by Crippen LogP contribution is -2.03. The Balaban J connectivity index is 2.44. The number of nitrogens with zero attached hydrogens (tertiary/aromatic N) is 1. The number of methoxy groups -OCH3 is 3. The molecular weight excluding hydrogens is 258 g/mol. The van der Waals surface area contributed by atoms with E-state index in [0.29, 0.717) is 28.4 Å². The third-order valence-corrected chi connectivity index (χ3v) is 3.02. The van der Waals surface area contributed by atoms with Gasteiger partial charge in [-0.3, -0.25) is 4.98 Å². The molecule has 0 amide bonds. The van der Waals surface area contributed by atoms with E-state index in [-0.39, 0.29) is 0 Å². The predicted octanol–water partition coefficient (Wildman–Crippen LogP) is 2.19. The Morgan fingerprint density at radius 3 is 2.20 bits per heavy atom. The number of ether oxygens (including phenoxy) is 3. The maximum absolute atomic E-state index is 10.5. The van der Waals surface area contributed by atoms with Gasteiger partial charge in [0.1, 0.15) is 23.4 Å². The van der Waals surface area contributed by atoms with Crippen LogP contribution in [-0.2, 0) is 0 Å². The standard InChI is InChI=1S/C15H17NO4/c1-18-11-6-10(7-12(8-11)19-2)15(17)13-4-5-16-9-14(13)20-3/h4-9,15,17H,1-3H3. The monoisotopic (exact) mass is 275 g/mol. The molecule has 1 aromatic heterocycles. The summed E-state index contributed by atoms with van der Waals surface area (Å²) in [5.41, 5.74) is 1.29. The van der Waals surface area contributed by atoms with Crippen molar-refractivity contribution in [1.29, 1.82) is 0 Å². The van der Waals surface area contributed by atoms with Crippen LogP contribution in [0.5, 0.6) is 17.2 Å². The first-order valence-electron chi connectivity index (χ1n) is 6.08. The van der Waals surface area contributed by atoms with Gasteiger partial charge in [0.05, 0.1) is 27.5 Å². The number of aliphatic hydroxyl groups is 1. The third-order valence-electron chi connectivity index (χ3n) is 3.02. The van der Waals surface area contributed by atoms with Gasteiger partial charge in [0.2, 0.25) is 0 Å². The molecule has 0 aliphatic heterocycles. The maximum Gasteiger partial charge on any atom is 0.143 e. The Kier molecular flexibility index (Phi) is 4.42. The lowest BCUT2D eigenvalue weighted by atomic mass is 10.0. The Labute approximate surface area is 117 Å². The van der Waals surface area contributed by atoms with Gasteiger partial charge < -0.3 is 19.3 Å². The number of hydrogen-bond donors (Lipinski definition) is 1. The first-order valence-corrected chi connectivity index (χ1v) is 6.08.